The quantitative estimate of drug-likeness (QED) is 0.497. The van der Waals surface area contributed by atoms with Crippen LogP contribution in [0.3, 0.4) is 0 Å². The second kappa shape index (κ2) is 9.88. The van der Waals surface area contributed by atoms with Crippen molar-refractivity contribution in [3.8, 4) is 0 Å². The minimum absolute atomic E-state index is 0.0389. The van der Waals surface area contributed by atoms with E-state index in [0.29, 0.717) is 24.4 Å². The van der Waals surface area contributed by atoms with Crippen LogP contribution >= 0.6 is 11.6 Å². The van der Waals surface area contributed by atoms with Crippen molar-refractivity contribution in [2.45, 2.75) is 30.7 Å². The van der Waals surface area contributed by atoms with Crippen molar-refractivity contribution in [1.29, 1.82) is 0 Å². The smallest absolute Gasteiger partial charge is 0.303 e. The lowest BCUT2D eigenvalue weighted by atomic mass is 10.0. The lowest BCUT2D eigenvalue weighted by molar-refractivity contribution is -0.136. The number of imidazole rings is 1. The molecule has 2 N–H and O–H groups in total. The van der Waals surface area contributed by atoms with Crippen LogP contribution in [0.25, 0.3) is 0 Å². The summed E-state index contributed by atoms with van der Waals surface area (Å²) >= 11 is 5.81. The molecule has 0 amide bonds. The molecule has 9 heteroatoms. The Labute approximate surface area is 180 Å². The Hall–Kier alpha value is -2.68. The number of carboxylic acids is 1. The van der Waals surface area contributed by atoms with Crippen molar-refractivity contribution < 1.29 is 18.3 Å². The number of carbonyl (C=O) groups is 1. The van der Waals surface area contributed by atoms with Gasteiger partial charge in [-0.2, -0.15) is 0 Å². The molecular weight excluding hydrogens is 426 g/mol. The molecular formula is C21H22ClN3O4S. The predicted molar refractivity (Wildman–Crippen MR) is 114 cm³/mol. The Morgan fingerprint density at radius 3 is 2.37 bits per heavy atom. The summed E-state index contributed by atoms with van der Waals surface area (Å²) in [5.41, 5.74) is 2.85. The van der Waals surface area contributed by atoms with Gasteiger partial charge in [-0.15, -0.1) is 0 Å². The van der Waals surface area contributed by atoms with E-state index in [1.54, 1.807) is 12.5 Å². The molecule has 0 aliphatic heterocycles. The standard InChI is InChI=1S/C21H22ClN3O4S/c22-19-2-4-20(5-3-19)30(28,29)24-8-7-17-11-16(1-6-21(26)27)12-18(13-17)14-25-10-9-23-15-25/h2-5,9-13,15,24H,1,6-8,14H2,(H,26,27). The summed E-state index contributed by atoms with van der Waals surface area (Å²) in [4.78, 5) is 15.1. The first-order valence-corrected chi connectivity index (χ1v) is 11.2. The molecule has 0 spiro atoms. The Bertz CT molecular complexity index is 1100. The first-order valence-electron chi connectivity index (χ1n) is 9.36. The zero-order valence-corrected chi connectivity index (χ0v) is 17.7. The Morgan fingerprint density at radius 2 is 1.73 bits per heavy atom. The lowest BCUT2D eigenvalue weighted by Crippen LogP contribution is -2.26. The largest absolute Gasteiger partial charge is 0.481 e. The number of aryl methyl sites for hydroxylation is 1. The second-order valence-electron chi connectivity index (χ2n) is 6.89. The summed E-state index contributed by atoms with van der Waals surface area (Å²) in [7, 11) is -3.63. The third kappa shape index (κ3) is 6.41. The number of carboxylic acid groups (broad SMARTS) is 1. The first kappa shape index (κ1) is 22.0. The third-order valence-corrected chi connectivity index (χ3v) is 6.22. The molecule has 0 aliphatic carbocycles. The predicted octanol–water partition coefficient (Wildman–Crippen LogP) is 3.12. The number of aliphatic carboxylic acids is 1. The van der Waals surface area contributed by atoms with Crippen molar-refractivity contribution >= 4 is 27.6 Å². The molecule has 1 aromatic heterocycles. The third-order valence-electron chi connectivity index (χ3n) is 4.49. The van der Waals surface area contributed by atoms with Gasteiger partial charge in [0.15, 0.2) is 0 Å². The minimum atomic E-state index is -3.63. The van der Waals surface area contributed by atoms with E-state index in [1.165, 1.54) is 24.3 Å². The van der Waals surface area contributed by atoms with Gasteiger partial charge in [-0.3, -0.25) is 4.79 Å². The van der Waals surface area contributed by atoms with Crippen molar-refractivity contribution in [2.75, 3.05) is 6.54 Å². The van der Waals surface area contributed by atoms with Gasteiger partial charge >= 0.3 is 5.97 Å². The summed E-state index contributed by atoms with van der Waals surface area (Å²) in [5, 5.41) is 9.45. The van der Waals surface area contributed by atoms with Gasteiger partial charge in [0.25, 0.3) is 0 Å². The topological polar surface area (TPSA) is 101 Å². The Kier molecular flexibility index (Phi) is 7.25. The van der Waals surface area contributed by atoms with Gasteiger partial charge in [0.05, 0.1) is 11.2 Å². The summed E-state index contributed by atoms with van der Waals surface area (Å²) in [6.07, 6.45) is 6.19. The van der Waals surface area contributed by atoms with Gasteiger partial charge in [0.2, 0.25) is 10.0 Å². The average molecular weight is 448 g/mol. The van der Waals surface area contributed by atoms with Gasteiger partial charge in [-0.25, -0.2) is 18.1 Å². The molecule has 0 fully saturated rings. The zero-order chi connectivity index (χ0) is 21.6. The highest BCUT2D eigenvalue weighted by Crippen LogP contribution is 2.16. The van der Waals surface area contributed by atoms with Crippen LogP contribution < -0.4 is 4.72 Å². The lowest BCUT2D eigenvalue weighted by Gasteiger charge is -2.11. The zero-order valence-electron chi connectivity index (χ0n) is 16.2. The van der Waals surface area contributed by atoms with Gasteiger partial charge in [0, 0.05) is 36.9 Å². The molecule has 0 atom stereocenters. The van der Waals surface area contributed by atoms with Crippen molar-refractivity contribution in [3.05, 3.63) is 82.9 Å². The van der Waals surface area contributed by atoms with E-state index in [4.69, 9.17) is 16.7 Å². The van der Waals surface area contributed by atoms with Crippen LogP contribution in [0.15, 0.2) is 66.1 Å². The number of rotatable bonds is 10. The summed E-state index contributed by atoms with van der Waals surface area (Å²) in [5.74, 6) is -0.854. The number of hydrogen-bond donors (Lipinski definition) is 2. The molecule has 1 heterocycles. The number of nitrogens with one attached hydrogen (secondary N) is 1. The van der Waals surface area contributed by atoms with E-state index in [-0.39, 0.29) is 17.9 Å². The van der Waals surface area contributed by atoms with Crippen LogP contribution in [-0.2, 0) is 34.2 Å². The maximum absolute atomic E-state index is 12.4. The summed E-state index contributed by atoms with van der Waals surface area (Å²) in [6, 6.07) is 11.9. The van der Waals surface area contributed by atoms with Crippen LogP contribution in [0, 0.1) is 0 Å². The van der Waals surface area contributed by atoms with Crippen LogP contribution in [0.1, 0.15) is 23.1 Å². The van der Waals surface area contributed by atoms with E-state index in [0.717, 1.165) is 16.7 Å². The monoisotopic (exact) mass is 447 g/mol. The Balaban J connectivity index is 1.70. The maximum Gasteiger partial charge on any atom is 0.303 e. The van der Waals surface area contributed by atoms with Gasteiger partial charge in [-0.1, -0.05) is 29.8 Å². The van der Waals surface area contributed by atoms with Crippen LogP contribution in [0.5, 0.6) is 0 Å². The normalized spacial score (nSPS) is 11.5. The second-order valence-corrected chi connectivity index (χ2v) is 9.09. The van der Waals surface area contributed by atoms with Crippen molar-refractivity contribution in [1.82, 2.24) is 14.3 Å². The SMILES string of the molecule is O=C(O)CCc1cc(CCNS(=O)(=O)c2ccc(Cl)cc2)cc(Cn2ccnc2)c1. The van der Waals surface area contributed by atoms with Crippen molar-refractivity contribution in [3.63, 3.8) is 0 Å². The molecule has 3 rings (SSSR count). The summed E-state index contributed by atoms with van der Waals surface area (Å²) in [6.45, 7) is 0.822. The molecule has 158 valence electrons. The number of nitrogens with zero attached hydrogens (tertiary/aromatic N) is 2. The molecule has 2 aromatic carbocycles. The molecule has 0 aliphatic rings. The molecule has 0 saturated heterocycles. The van der Waals surface area contributed by atoms with E-state index in [2.05, 4.69) is 9.71 Å². The van der Waals surface area contributed by atoms with E-state index in [1.807, 2.05) is 29.0 Å². The molecule has 7 nitrogen and oxygen atoms in total. The fraction of sp³-hybridized carbons (Fsp3) is 0.238. The average Bonchev–Trinajstić information content (AvgIpc) is 3.19. The van der Waals surface area contributed by atoms with E-state index >= 15 is 0 Å². The molecule has 0 radical (unpaired) electrons. The van der Waals surface area contributed by atoms with Crippen LogP contribution in [-0.4, -0.2) is 35.6 Å². The molecule has 0 bridgehead atoms. The highest BCUT2D eigenvalue weighted by Gasteiger charge is 2.13. The van der Waals surface area contributed by atoms with Crippen LogP contribution in [0.2, 0.25) is 5.02 Å². The number of halogens is 1. The fourth-order valence-electron chi connectivity index (χ4n) is 3.09. The molecule has 0 saturated carbocycles. The van der Waals surface area contributed by atoms with Crippen molar-refractivity contribution in [2.24, 2.45) is 0 Å². The van der Waals surface area contributed by atoms with Gasteiger partial charge < -0.3 is 9.67 Å². The molecule has 30 heavy (non-hydrogen) atoms. The first-order chi connectivity index (χ1) is 14.3. The van der Waals surface area contributed by atoms with E-state index < -0.39 is 16.0 Å². The number of hydrogen-bond acceptors (Lipinski definition) is 4. The highest BCUT2D eigenvalue weighted by molar-refractivity contribution is 7.89. The number of benzene rings is 2. The van der Waals surface area contributed by atoms with Gasteiger partial charge in [0.1, 0.15) is 0 Å². The van der Waals surface area contributed by atoms with E-state index in [9.17, 15) is 13.2 Å². The molecule has 0 unspecified atom stereocenters. The summed E-state index contributed by atoms with van der Waals surface area (Å²) < 4.78 is 29.4. The Morgan fingerprint density at radius 1 is 1.07 bits per heavy atom. The molecule has 3 aromatic rings. The van der Waals surface area contributed by atoms with Crippen LogP contribution in [0.4, 0.5) is 0 Å². The fourth-order valence-corrected chi connectivity index (χ4v) is 4.25. The number of aromatic nitrogens is 2. The number of sulfonamides is 1. The maximum atomic E-state index is 12.4. The van der Waals surface area contributed by atoms with Gasteiger partial charge in [-0.05, 0) is 53.8 Å². The minimum Gasteiger partial charge on any atom is -0.481 e. The highest BCUT2D eigenvalue weighted by atomic mass is 35.5.